The third kappa shape index (κ3) is 3.25. The van der Waals surface area contributed by atoms with E-state index in [2.05, 4.69) is 41.1 Å². The number of rotatable bonds is 3. The molecule has 0 aliphatic carbocycles. The Kier molecular flexibility index (Phi) is 4.62. The van der Waals surface area contributed by atoms with Crippen molar-refractivity contribution in [3.05, 3.63) is 35.4 Å². The van der Waals surface area contributed by atoms with Gasteiger partial charge in [-0.2, -0.15) is 0 Å². The fourth-order valence-corrected chi connectivity index (χ4v) is 2.45. The molecule has 0 bridgehead atoms. The van der Waals surface area contributed by atoms with Gasteiger partial charge in [-0.25, -0.2) is 4.99 Å². The fraction of sp³-hybridized carbons (Fsp3) is 0.533. The number of hydrogen-bond acceptors (Lipinski definition) is 1. The lowest BCUT2D eigenvalue weighted by Gasteiger charge is -2.27. The summed E-state index contributed by atoms with van der Waals surface area (Å²) in [6.45, 7) is 5.00. The van der Waals surface area contributed by atoms with Crippen molar-refractivity contribution in [1.82, 2.24) is 4.90 Å². The van der Waals surface area contributed by atoms with Crippen molar-refractivity contribution in [2.45, 2.75) is 39.2 Å². The van der Waals surface area contributed by atoms with E-state index in [9.17, 15) is 0 Å². The average Bonchev–Trinajstić information content (AvgIpc) is 2.46. The van der Waals surface area contributed by atoms with Gasteiger partial charge in [0.05, 0.1) is 6.54 Å². The van der Waals surface area contributed by atoms with E-state index in [1.807, 2.05) is 0 Å². The summed E-state index contributed by atoms with van der Waals surface area (Å²) >= 11 is 0. The zero-order valence-electron chi connectivity index (χ0n) is 11.2. The molecule has 18 heavy (non-hydrogen) atoms. The molecule has 1 aromatic rings. The smallest absolute Gasteiger partial charge is 0.191 e. The van der Waals surface area contributed by atoms with Gasteiger partial charge >= 0.3 is 0 Å². The second kappa shape index (κ2) is 6.43. The molecule has 1 aromatic carbocycles. The van der Waals surface area contributed by atoms with Gasteiger partial charge in [0.15, 0.2) is 5.96 Å². The molecular formula is C15H23N3. The van der Waals surface area contributed by atoms with Gasteiger partial charge < -0.3 is 10.6 Å². The van der Waals surface area contributed by atoms with E-state index in [1.165, 1.54) is 30.4 Å². The summed E-state index contributed by atoms with van der Waals surface area (Å²) in [5.41, 5.74) is 8.72. The maximum atomic E-state index is 6.06. The lowest BCUT2D eigenvalue weighted by molar-refractivity contribution is 0.338. The molecule has 3 nitrogen and oxygen atoms in total. The Balaban J connectivity index is 2.00. The van der Waals surface area contributed by atoms with Crippen LogP contribution in [0.5, 0.6) is 0 Å². The maximum Gasteiger partial charge on any atom is 0.191 e. The Hall–Kier alpha value is -1.51. The molecule has 0 radical (unpaired) electrons. The maximum absolute atomic E-state index is 6.06. The van der Waals surface area contributed by atoms with Crippen LogP contribution in [0.3, 0.4) is 0 Å². The Bertz CT molecular complexity index is 406. The molecule has 0 amide bonds. The average molecular weight is 245 g/mol. The molecule has 0 spiro atoms. The monoisotopic (exact) mass is 245 g/mol. The first-order valence-electron chi connectivity index (χ1n) is 6.93. The Labute approximate surface area is 110 Å². The standard InChI is InChI=1S/C15H23N3/c1-2-13-8-4-5-9-14(13)12-17-15(16)18-10-6-3-7-11-18/h4-5,8-9H,2-3,6-7,10-12H2,1H3,(H2,16,17). The molecule has 1 saturated heterocycles. The highest BCUT2D eigenvalue weighted by Gasteiger charge is 2.11. The highest BCUT2D eigenvalue weighted by Crippen LogP contribution is 2.12. The lowest BCUT2D eigenvalue weighted by atomic mass is 10.1. The van der Waals surface area contributed by atoms with Gasteiger partial charge in [0.1, 0.15) is 0 Å². The number of guanidine groups is 1. The van der Waals surface area contributed by atoms with Crippen LogP contribution < -0.4 is 5.73 Å². The first-order chi connectivity index (χ1) is 8.81. The van der Waals surface area contributed by atoms with Gasteiger partial charge in [-0.15, -0.1) is 0 Å². The number of nitrogens with two attached hydrogens (primary N) is 1. The lowest BCUT2D eigenvalue weighted by Crippen LogP contribution is -2.40. The van der Waals surface area contributed by atoms with Crippen LogP contribution >= 0.6 is 0 Å². The van der Waals surface area contributed by atoms with E-state index in [0.29, 0.717) is 12.5 Å². The quantitative estimate of drug-likeness (QED) is 0.657. The molecule has 2 N–H and O–H groups in total. The van der Waals surface area contributed by atoms with Crippen molar-refractivity contribution < 1.29 is 0 Å². The van der Waals surface area contributed by atoms with Crippen molar-refractivity contribution in [2.75, 3.05) is 13.1 Å². The van der Waals surface area contributed by atoms with Gasteiger partial charge in [-0.3, -0.25) is 0 Å². The summed E-state index contributed by atoms with van der Waals surface area (Å²) < 4.78 is 0. The largest absolute Gasteiger partial charge is 0.370 e. The number of benzene rings is 1. The van der Waals surface area contributed by atoms with Gasteiger partial charge in [0.2, 0.25) is 0 Å². The van der Waals surface area contributed by atoms with Crippen molar-refractivity contribution in [2.24, 2.45) is 10.7 Å². The van der Waals surface area contributed by atoms with Crippen molar-refractivity contribution in [3.8, 4) is 0 Å². The summed E-state index contributed by atoms with van der Waals surface area (Å²) in [6, 6.07) is 8.47. The molecule has 0 unspecified atom stereocenters. The first kappa shape index (κ1) is 12.9. The van der Waals surface area contributed by atoms with Crippen LogP contribution in [0.25, 0.3) is 0 Å². The van der Waals surface area contributed by atoms with E-state index in [-0.39, 0.29) is 0 Å². The van der Waals surface area contributed by atoms with Crippen LogP contribution in [0.15, 0.2) is 29.3 Å². The minimum absolute atomic E-state index is 0.701. The summed E-state index contributed by atoms with van der Waals surface area (Å²) in [6.07, 6.45) is 4.85. The van der Waals surface area contributed by atoms with Crippen molar-refractivity contribution in [1.29, 1.82) is 0 Å². The van der Waals surface area contributed by atoms with E-state index in [4.69, 9.17) is 5.73 Å². The second-order valence-corrected chi connectivity index (χ2v) is 4.84. The molecule has 0 aromatic heterocycles. The number of aryl methyl sites for hydroxylation is 1. The van der Waals surface area contributed by atoms with Gasteiger partial charge in [0.25, 0.3) is 0 Å². The van der Waals surface area contributed by atoms with Crippen LogP contribution in [0.4, 0.5) is 0 Å². The Morgan fingerprint density at radius 2 is 1.83 bits per heavy atom. The van der Waals surface area contributed by atoms with Crippen molar-refractivity contribution in [3.63, 3.8) is 0 Å². The molecule has 98 valence electrons. The van der Waals surface area contributed by atoms with Crippen LogP contribution in [0.2, 0.25) is 0 Å². The molecule has 0 atom stereocenters. The Morgan fingerprint density at radius 1 is 1.17 bits per heavy atom. The highest BCUT2D eigenvalue weighted by atomic mass is 15.2. The number of hydrogen-bond donors (Lipinski definition) is 1. The van der Waals surface area contributed by atoms with E-state index >= 15 is 0 Å². The second-order valence-electron chi connectivity index (χ2n) is 4.84. The topological polar surface area (TPSA) is 41.6 Å². The number of piperidine rings is 1. The molecule has 1 heterocycles. The Morgan fingerprint density at radius 3 is 2.50 bits per heavy atom. The van der Waals surface area contributed by atoms with E-state index < -0.39 is 0 Å². The minimum atomic E-state index is 0.701. The molecule has 2 rings (SSSR count). The number of aliphatic imine (C=N–C) groups is 1. The van der Waals surface area contributed by atoms with Crippen LogP contribution in [0.1, 0.15) is 37.3 Å². The summed E-state index contributed by atoms with van der Waals surface area (Å²) in [5.74, 6) is 0.709. The van der Waals surface area contributed by atoms with Gasteiger partial charge in [-0.1, -0.05) is 31.2 Å². The highest BCUT2D eigenvalue weighted by molar-refractivity contribution is 5.78. The SMILES string of the molecule is CCc1ccccc1CN=C(N)N1CCCCC1. The fourth-order valence-electron chi connectivity index (χ4n) is 2.45. The van der Waals surface area contributed by atoms with Crippen molar-refractivity contribution >= 4 is 5.96 Å². The first-order valence-corrected chi connectivity index (χ1v) is 6.93. The normalized spacial score (nSPS) is 16.9. The third-order valence-electron chi connectivity index (χ3n) is 3.59. The molecule has 3 heteroatoms. The molecule has 1 fully saturated rings. The third-order valence-corrected chi connectivity index (χ3v) is 3.59. The number of likely N-dealkylation sites (tertiary alicyclic amines) is 1. The van der Waals surface area contributed by atoms with E-state index in [1.54, 1.807) is 0 Å². The minimum Gasteiger partial charge on any atom is -0.370 e. The summed E-state index contributed by atoms with van der Waals surface area (Å²) in [5, 5.41) is 0. The predicted molar refractivity (Wildman–Crippen MR) is 76.6 cm³/mol. The molecule has 1 aliphatic heterocycles. The molecule has 0 saturated carbocycles. The zero-order valence-corrected chi connectivity index (χ0v) is 11.2. The molecule has 1 aliphatic rings. The van der Waals surface area contributed by atoms with Crippen LogP contribution in [0, 0.1) is 0 Å². The van der Waals surface area contributed by atoms with Gasteiger partial charge in [-0.05, 0) is 36.8 Å². The van der Waals surface area contributed by atoms with Crippen LogP contribution in [-0.4, -0.2) is 23.9 Å². The zero-order chi connectivity index (χ0) is 12.8. The summed E-state index contributed by atoms with van der Waals surface area (Å²) in [7, 11) is 0. The molecular weight excluding hydrogens is 222 g/mol. The summed E-state index contributed by atoms with van der Waals surface area (Å²) in [4.78, 5) is 6.75. The predicted octanol–water partition coefficient (Wildman–Crippen LogP) is 2.55. The van der Waals surface area contributed by atoms with Crippen LogP contribution in [-0.2, 0) is 13.0 Å². The number of nitrogens with zero attached hydrogens (tertiary/aromatic N) is 2. The van der Waals surface area contributed by atoms with E-state index in [0.717, 1.165) is 19.5 Å². The van der Waals surface area contributed by atoms with Gasteiger partial charge in [0, 0.05) is 13.1 Å².